The van der Waals surface area contributed by atoms with Gasteiger partial charge in [0.05, 0.1) is 6.10 Å². The Labute approximate surface area is 85.8 Å². The molecule has 0 aromatic carbocycles. The zero-order chi connectivity index (χ0) is 10.4. The summed E-state index contributed by atoms with van der Waals surface area (Å²) in [5.41, 5.74) is 0. The first-order valence-electron chi connectivity index (χ1n) is 5.44. The summed E-state index contributed by atoms with van der Waals surface area (Å²) >= 11 is 0. The van der Waals surface area contributed by atoms with Gasteiger partial charge in [0.15, 0.2) is 0 Å². The zero-order valence-electron chi connectivity index (χ0n) is 9.12. The van der Waals surface area contributed by atoms with Crippen molar-refractivity contribution in [1.29, 1.82) is 0 Å². The molecule has 82 valence electrons. The number of cyclic esters (lactones) is 1. The summed E-state index contributed by atoms with van der Waals surface area (Å²) in [4.78, 5) is 11.2. The van der Waals surface area contributed by atoms with E-state index in [0.717, 1.165) is 32.1 Å². The Bertz CT molecular complexity index is 179. The molecule has 1 heterocycles. The highest BCUT2D eigenvalue weighted by atomic mass is 16.5. The zero-order valence-corrected chi connectivity index (χ0v) is 9.12. The Morgan fingerprint density at radius 3 is 2.86 bits per heavy atom. The number of hydrogen-bond acceptors (Lipinski definition) is 3. The van der Waals surface area contributed by atoms with Crippen molar-refractivity contribution in [1.82, 2.24) is 0 Å². The lowest BCUT2D eigenvalue weighted by Gasteiger charge is -2.21. The van der Waals surface area contributed by atoms with Gasteiger partial charge in [-0.3, -0.25) is 4.79 Å². The van der Waals surface area contributed by atoms with E-state index in [2.05, 4.69) is 0 Å². The van der Waals surface area contributed by atoms with Gasteiger partial charge < -0.3 is 9.47 Å². The third kappa shape index (κ3) is 4.09. The van der Waals surface area contributed by atoms with Gasteiger partial charge >= 0.3 is 5.97 Å². The molecule has 1 aliphatic heterocycles. The van der Waals surface area contributed by atoms with E-state index in [1.165, 1.54) is 0 Å². The standard InChI is InChI=1S/C11H20O3/c1-9-8-10(13-2)6-4-3-5-7-11(12)14-9/h9-10H,3-8H2,1-2H3. The molecule has 3 nitrogen and oxygen atoms in total. The highest BCUT2D eigenvalue weighted by Crippen LogP contribution is 2.16. The first-order valence-corrected chi connectivity index (χ1v) is 5.44. The predicted molar refractivity (Wildman–Crippen MR) is 54.1 cm³/mol. The van der Waals surface area contributed by atoms with E-state index in [4.69, 9.17) is 9.47 Å². The Hall–Kier alpha value is -0.570. The number of carbonyl (C=O) groups excluding carboxylic acids is 1. The summed E-state index contributed by atoms with van der Waals surface area (Å²) in [6, 6.07) is 0. The molecule has 0 aliphatic carbocycles. The lowest BCUT2D eigenvalue weighted by molar-refractivity contribution is -0.150. The molecule has 14 heavy (non-hydrogen) atoms. The van der Waals surface area contributed by atoms with E-state index in [1.54, 1.807) is 7.11 Å². The van der Waals surface area contributed by atoms with Crippen LogP contribution >= 0.6 is 0 Å². The van der Waals surface area contributed by atoms with Gasteiger partial charge in [-0.05, 0) is 19.8 Å². The van der Waals surface area contributed by atoms with Crippen LogP contribution < -0.4 is 0 Å². The molecular weight excluding hydrogens is 180 g/mol. The van der Waals surface area contributed by atoms with E-state index in [1.807, 2.05) is 6.92 Å². The highest BCUT2D eigenvalue weighted by Gasteiger charge is 2.17. The van der Waals surface area contributed by atoms with Crippen LogP contribution in [0.25, 0.3) is 0 Å². The maximum Gasteiger partial charge on any atom is 0.306 e. The molecule has 0 bridgehead atoms. The van der Waals surface area contributed by atoms with Gasteiger partial charge in [-0.1, -0.05) is 12.8 Å². The Balaban J connectivity index is 2.43. The minimum Gasteiger partial charge on any atom is -0.463 e. The van der Waals surface area contributed by atoms with Crippen molar-refractivity contribution in [2.45, 2.75) is 57.7 Å². The molecule has 1 aliphatic rings. The van der Waals surface area contributed by atoms with Gasteiger partial charge in [-0.2, -0.15) is 0 Å². The Morgan fingerprint density at radius 1 is 1.36 bits per heavy atom. The molecule has 0 N–H and O–H groups in total. The van der Waals surface area contributed by atoms with Crippen LogP contribution in [0.1, 0.15) is 45.4 Å². The molecule has 3 heteroatoms. The highest BCUT2D eigenvalue weighted by molar-refractivity contribution is 5.69. The first kappa shape index (κ1) is 11.5. The fourth-order valence-corrected chi connectivity index (χ4v) is 1.85. The maximum absolute atomic E-state index is 11.2. The van der Waals surface area contributed by atoms with E-state index < -0.39 is 0 Å². The van der Waals surface area contributed by atoms with Crippen LogP contribution in [0.5, 0.6) is 0 Å². The van der Waals surface area contributed by atoms with Gasteiger partial charge in [0.2, 0.25) is 0 Å². The van der Waals surface area contributed by atoms with E-state index in [0.29, 0.717) is 6.42 Å². The molecule has 2 atom stereocenters. The second kappa shape index (κ2) is 6.02. The quantitative estimate of drug-likeness (QED) is 0.609. The van der Waals surface area contributed by atoms with E-state index in [9.17, 15) is 4.79 Å². The summed E-state index contributed by atoms with van der Waals surface area (Å²) in [5, 5.41) is 0. The maximum atomic E-state index is 11.2. The number of rotatable bonds is 1. The van der Waals surface area contributed by atoms with Crippen LogP contribution in [0.3, 0.4) is 0 Å². The van der Waals surface area contributed by atoms with Gasteiger partial charge in [0, 0.05) is 20.0 Å². The topological polar surface area (TPSA) is 35.5 Å². The van der Waals surface area contributed by atoms with Crippen LogP contribution in [-0.4, -0.2) is 25.3 Å². The molecule has 0 saturated carbocycles. The van der Waals surface area contributed by atoms with Crippen molar-refractivity contribution in [2.24, 2.45) is 0 Å². The number of hydrogen-bond donors (Lipinski definition) is 0. The third-order valence-electron chi connectivity index (χ3n) is 2.67. The molecule has 1 rings (SSSR count). The van der Waals surface area contributed by atoms with Crippen molar-refractivity contribution in [3.05, 3.63) is 0 Å². The number of ether oxygens (including phenoxy) is 2. The van der Waals surface area contributed by atoms with Crippen molar-refractivity contribution in [3.8, 4) is 0 Å². The van der Waals surface area contributed by atoms with Gasteiger partial charge in [-0.25, -0.2) is 0 Å². The average molecular weight is 200 g/mol. The van der Waals surface area contributed by atoms with Crippen LogP contribution in [0.2, 0.25) is 0 Å². The smallest absolute Gasteiger partial charge is 0.306 e. The summed E-state index contributed by atoms with van der Waals surface area (Å²) in [6.45, 7) is 1.94. The monoisotopic (exact) mass is 200 g/mol. The minimum absolute atomic E-state index is 0.00875. The molecule has 0 aromatic rings. The largest absolute Gasteiger partial charge is 0.463 e. The first-order chi connectivity index (χ1) is 6.72. The summed E-state index contributed by atoms with van der Waals surface area (Å²) in [6.07, 6.45) is 5.91. The summed E-state index contributed by atoms with van der Waals surface area (Å²) in [7, 11) is 1.73. The van der Waals surface area contributed by atoms with Crippen molar-refractivity contribution < 1.29 is 14.3 Å². The van der Waals surface area contributed by atoms with Crippen molar-refractivity contribution >= 4 is 5.97 Å². The van der Waals surface area contributed by atoms with Gasteiger partial charge in [0.1, 0.15) is 6.10 Å². The molecule has 2 unspecified atom stereocenters. The number of carbonyl (C=O) groups is 1. The molecule has 1 fully saturated rings. The van der Waals surface area contributed by atoms with Crippen LogP contribution in [0.15, 0.2) is 0 Å². The van der Waals surface area contributed by atoms with E-state index in [-0.39, 0.29) is 18.2 Å². The lowest BCUT2D eigenvalue weighted by atomic mass is 10.0. The molecule has 0 spiro atoms. The molecule has 0 aromatic heterocycles. The molecule has 0 radical (unpaired) electrons. The Kier molecular flexibility index (Phi) is 4.94. The van der Waals surface area contributed by atoms with Gasteiger partial charge in [0.25, 0.3) is 0 Å². The van der Waals surface area contributed by atoms with Gasteiger partial charge in [-0.15, -0.1) is 0 Å². The molecule has 1 saturated heterocycles. The second-order valence-electron chi connectivity index (χ2n) is 3.99. The number of esters is 1. The van der Waals surface area contributed by atoms with Crippen LogP contribution in [0.4, 0.5) is 0 Å². The Morgan fingerprint density at radius 2 is 2.14 bits per heavy atom. The van der Waals surface area contributed by atoms with E-state index >= 15 is 0 Å². The average Bonchev–Trinajstić information content (AvgIpc) is 2.15. The lowest BCUT2D eigenvalue weighted by Crippen LogP contribution is -2.23. The van der Waals surface area contributed by atoms with Crippen LogP contribution in [-0.2, 0) is 14.3 Å². The molecular formula is C11H20O3. The molecule has 0 amide bonds. The summed E-state index contributed by atoms with van der Waals surface area (Å²) in [5.74, 6) is -0.0609. The minimum atomic E-state index is -0.0609. The fourth-order valence-electron chi connectivity index (χ4n) is 1.85. The van der Waals surface area contributed by atoms with Crippen molar-refractivity contribution in [2.75, 3.05) is 7.11 Å². The third-order valence-corrected chi connectivity index (χ3v) is 2.67. The number of methoxy groups -OCH3 is 1. The van der Waals surface area contributed by atoms with Crippen molar-refractivity contribution in [3.63, 3.8) is 0 Å². The second-order valence-corrected chi connectivity index (χ2v) is 3.99. The summed E-state index contributed by atoms with van der Waals surface area (Å²) < 4.78 is 10.6. The SMILES string of the molecule is COC1CCCCCC(=O)OC(C)C1. The van der Waals surface area contributed by atoms with Crippen LogP contribution in [0, 0.1) is 0 Å². The predicted octanol–water partition coefficient (Wildman–Crippen LogP) is 2.29. The normalized spacial score (nSPS) is 30.9. The fraction of sp³-hybridized carbons (Fsp3) is 0.909.